The summed E-state index contributed by atoms with van der Waals surface area (Å²) in [7, 11) is 0. The Labute approximate surface area is 436 Å². The van der Waals surface area contributed by atoms with Gasteiger partial charge in [-0.05, 0) is 191 Å². The van der Waals surface area contributed by atoms with Gasteiger partial charge in [-0.15, -0.1) is 0 Å². The summed E-state index contributed by atoms with van der Waals surface area (Å²) in [6.45, 7) is 4.45. The molecule has 0 radical (unpaired) electrons. The molecule has 14 aromatic carbocycles. The Balaban J connectivity index is 0.967. The highest BCUT2D eigenvalue weighted by atomic mass is 14.5. The van der Waals surface area contributed by atoms with Crippen LogP contribution in [0.2, 0.25) is 0 Å². The minimum absolute atomic E-state index is 0.567. The predicted molar refractivity (Wildman–Crippen MR) is 319 cm³/mol. The van der Waals surface area contributed by atoms with E-state index in [2.05, 4.69) is 269 Å². The van der Waals surface area contributed by atoms with E-state index < -0.39 is 5.41 Å². The van der Waals surface area contributed by atoms with Crippen molar-refractivity contribution in [2.24, 2.45) is 0 Å². The van der Waals surface area contributed by atoms with Crippen molar-refractivity contribution >= 4 is 64.6 Å². The first-order valence-corrected chi connectivity index (χ1v) is 26.4. The summed E-state index contributed by atoms with van der Waals surface area (Å²) < 4.78 is 0. The lowest BCUT2D eigenvalue weighted by atomic mass is 9.69. The second-order valence-corrected chi connectivity index (χ2v) is 21.0. The third-order valence-electron chi connectivity index (χ3n) is 17.4. The van der Waals surface area contributed by atoms with Crippen molar-refractivity contribution in [1.29, 1.82) is 0 Å². The molecule has 75 heavy (non-hydrogen) atoms. The Hall–Kier alpha value is -9.36. The summed E-state index contributed by atoms with van der Waals surface area (Å²) in [4.78, 5) is 0. The van der Waals surface area contributed by atoms with Crippen molar-refractivity contribution in [3.8, 4) is 66.8 Å². The molecule has 0 bridgehead atoms. The van der Waals surface area contributed by atoms with E-state index in [0.717, 1.165) is 0 Å². The van der Waals surface area contributed by atoms with Crippen molar-refractivity contribution < 1.29 is 0 Å². The average Bonchev–Trinajstić information content (AvgIpc) is 4.17. The van der Waals surface area contributed by atoms with Gasteiger partial charge in [-0.3, -0.25) is 0 Å². The van der Waals surface area contributed by atoms with E-state index in [1.54, 1.807) is 0 Å². The molecule has 16 rings (SSSR count). The molecule has 1 spiro atoms. The van der Waals surface area contributed by atoms with E-state index in [0.29, 0.717) is 0 Å². The summed E-state index contributed by atoms with van der Waals surface area (Å²) >= 11 is 0. The van der Waals surface area contributed by atoms with Crippen LogP contribution in [0.1, 0.15) is 33.4 Å². The Morgan fingerprint density at radius 2 is 0.467 bits per heavy atom. The van der Waals surface area contributed by atoms with Crippen LogP contribution in [0.25, 0.3) is 131 Å². The van der Waals surface area contributed by atoms with Gasteiger partial charge in [0, 0.05) is 0 Å². The fraction of sp³-hybridized carbons (Fsp3) is 0.0400. The monoisotopic (exact) mass is 948 g/mol. The second kappa shape index (κ2) is 15.8. The van der Waals surface area contributed by atoms with Crippen LogP contribution in [0.15, 0.2) is 255 Å². The summed E-state index contributed by atoms with van der Waals surface area (Å²) in [6.07, 6.45) is 0. The largest absolute Gasteiger partial charge is 0.0725 e. The van der Waals surface area contributed by atoms with Crippen LogP contribution in [-0.2, 0) is 5.41 Å². The Bertz CT molecular complexity index is 4370. The van der Waals surface area contributed by atoms with Gasteiger partial charge in [-0.1, -0.05) is 243 Å². The van der Waals surface area contributed by atoms with E-state index in [4.69, 9.17) is 0 Å². The third-order valence-corrected chi connectivity index (χ3v) is 17.4. The van der Waals surface area contributed by atoms with Gasteiger partial charge in [-0.25, -0.2) is 0 Å². The zero-order chi connectivity index (χ0) is 49.5. The van der Waals surface area contributed by atoms with Gasteiger partial charge in [0.25, 0.3) is 0 Å². The lowest BCUT2D eigenvalue weighted by molar-refractivity contribution is 0.794. The average molecular weight is 949 g/mol. The molecule has 0 amide bonds. The van der Waals surface area contributed by atoms with Gasteiger partial charge in [0.2, 0.25) is 0 Å². The molecule has 0 saturated heterocycles. The van der Waals surface area contributed by atoms with Crippen LogP contribution >= 0.6 is 0 Å². The summed E-state index contributed by atoms with van der Waals surface area (Å²) in [5, 5.41) is 15.3. The minimum atomic E-state index is -0.567. The summed E-state index contributed by atoms with van der Waals surface area (Å²) in [5.74, 6) is 0. The molecule has 2 aliphatic carbocycles. The molecule has 0 nitrogen and oxygen atoms in total. The SMILES string of the molecule is Cc1ccc(-c2c3ccccc3c(-c3ccc4c(c3)C3(c5ccccc5-4)c4ccccc4-c4ccc(-c5c6ccccc6c(-c6ccc(C)c7ccccc67)c6ccccc56)cc43)c3ccccc23)c2ccccc12. The lowest BCUT2D eigenvalue weighted by Crippen LogP contribution is -2.26. The predicted octanol–water partition coefficient (Wildman–Crippen LogP) is 20.2. The van der Waals surface area contributed by atoms with E-state index in [1.165, 1.54) is 165 Å². The maximum absolute atomic E-state index is 2.58. The molecule has 348 valence electrons. The van der Waals surface area contributed by atoms with Crippen LogP contribution in [-0.4, -0.2) is 0 Å². The molecule has 0 fully saturated rings. The number of rotatable bonds is 4. The van der Waals surface area contributed by atoms with Gasteiger partial charge in [0.15, 0.2) is 0 Å². The zero-order valence-electron chi connectivity index (χ0n) is 41.7. The molecule has 0 saturated carbocycles. The van der Waals surface area contributed by atoms with Crippen LogP contribution in [0.5, 0.6) is 0 Å². The molecular weight excluding hydrogens is 901 g/mol. The highest BCUT2D eigenvalue weighted by Gasteiger charge is 2.52. The fourth-order valence-electron chi connectivity index (χ4n) is 14.2. The van der Waals surface area contributed by atoms with Crippen LogP contribution in [0.4, 0.5) is 0 Å². The van der Waals surface area contributed by atoms with E-state index in [-0.39, 0.29) is 0 Å². The molecule has 0 N–H and O–H groups in total. The van der Waals surface area contributed by atoms with Crippen molar-refractivity contribution in [1.82, 2.24) is 0 Å². The van der Waals surface area contributed by atoms with E-state index >= 15 is 0 Å². The smallest absolute Gasteiger partial charge is 0.0619 e. The van der Waals surface area contributed by atoms with Gasteiger partial charge in [0.05, 0.1) is 5.41 Å². The van der Waals surface area contributed by atoms with Crippen molar-refractivity contribution in [3.05, 3.63) is 288 Å². The number of hydrogen-bond acceptors (Lipinski definition) is 0. The first-order chi connectivity index (χ1) is 37.1. The zero-order valence-corrected chi connectivity index (χ0v) is 41.7. The number of fused-ring (bicyclic) bond motifs is 16. The highest BCUT2D eigenvalue weighted by Crippen LogP contribution is 2.64. The summed E-state index contributed by atoms with van der Waals surface area (Å²) in [5.41, 5.74) is 22.7. The molecule has 0 atom stereocenters. The molecular formula is C75H48. The van der Waals surface area contributed by atoms with Crippen molar-refractivity contribution in [3.63, 3.8) is 0 Å². The Morgan fingerprint density at radius 3 is 0.827 bits per heavy atom. The number of benzene rings is 14. The summed E-state index contributed by atoms with van der Waals surface area (Å²) in [6, 6.07) is 96.9. The van der Waals surface area contributed by atoms with Gasteiger partial charge in [0.1, 0.15) is 0 Å². The minimum Gasteiger partial charge on any atom is -0.0619 e. The quantitative estimate of drug-likeness (QED) is 0.154. The topological polar surface area (TPSA) is 0 Å². The van der Waals surface area contributed by atoms with Gasteiger partial charge >= 0.3 is 0 Å². The van der Waals surface area contributed by atoms with Crippen molar-refractivity contribution in [2.75, 3.05) is 0 Å². The lowest BCUT2D eigenvalue weighted by Gasteiger charge is -2.31. The molecule has 14 aromatic rings. The Kier molecular flexibility index (Phi) is 8.90. The molecule has 0 unspecified atom stereocenters. The molecule has 0 aliphatic heterocycles. The number of hydrogen-bond donors (Lipinski definition) is 0. The number of aryl methyl sites for hydroxylation is 2. The van der Waals surface area contributed by atoms with Crippen molar-refractivity contribution in [2.45, 2.75) is 19.3 Å². The van der Waals surface area contributed by atoms with Gasteiger partial charge in [-0.2, -0.15) is 0 Å². The maximum Gasteiger partial charge on any atom is 0.0725 e. The molecule has 2 aliphatic rings. The highest BCUT2D eigenvalue weighted by molar-refractivity contribution is 6.25. The maximum atomic E-state index is 2.58. The molecule has 0 aromatic heterocycles. The standard InChI is InChI=1S/C75H48/c1-45-35-39-65(51-21-5-3-19-49(45)51)73-61-29-11-7-25-57(61)71(58-26-8-12-30-62(58)73)47-37-41-55-53-23-15-17-33-67(53)75(69(55)43-47)68-34-18-16-24-54(68)56-42-38-48(44-70(56)75)72-59-27-9-13-31-63(59)74(64-32-14-10-28-60(64)72)66-40-36-46(2)50-20-4-6-22-52(50)66/h3-44H,1-2H3. The third kappa shape index (κ3) is 5.72. The molecule has 0 heterocycles. The normalized spacial score (nSPS) is 13.0. The van der Waals surface area contributed by atoms with Gasteiger partial charge < -0.3 is 0 Å². The van der Waals surface area contributed by atoms with Crippen LogP contribution in [0, 0.1) is 13.8 Å². The van der Waals surface area contributed by atoms with Crippen LogP contribution in [0.3, 0.4) is 0 Å². The second-order valence-electron chi connectivity index (χ2n) is 21.0. The van der Waals surface area contributed by atoms with E-state index in [1.807, 2.05) is 0 Å². The Morgan fingerprint density at radius 1 is 0.200 bits per heavy atom. The fourth-order valence-corrected chi connectivity index (χ4v) is 14.2. The molecule has 0 heteroatoms. The first-order valence-electron chi connectivity index (χ1n) is 26.4. The van der Waals surface area contributed by atoms with E-state index in [9.17, 15) is 0 Å². The first kappa shape index (κ1) is 42.2. The van der Waals surface area contributed by atoms with Crippen LogP contribution < -0.4 is 0 Å².